The number of benzene rings is 2. The Morgan fingerprint density at radius 3 is 1.80 bits per heavy atom. The zero-order valence-electron chi connectivity index (χ0n) is 24.6. The van der Waals surface area contributed by atoms with Crippen molar-refractivity contribution < 1.29 is 39.2 Å². The number of anilines is 2. The van der Waals surface area contributed by atoms with Crippen LogP contribution >= 0.6 is 0 Å². The molecule has 2 radical (unpaired) electrons. The Bertz CT molecular complexity index is 1770. The van der Waals surface area contributed by atoms with E-state index in [0.29, 0.717) is 23.4 Å². The zero-order chi connectivity index (χ0) is 33.0. The molecule has 0 saturated carbocycles. The molecule has 2 bridgehead atoms. The van der Waals surface area contributed by atoms with Crippen molar-refractivity contribution in [2.45, 2.75) is 44.9 Å². The van der Waals surface area contributed by atoms with Crippen molar-refractivity contribution in [3.63, 3.8) is 0 Å². The van der Waals surface area contributed by atoms with Gasteiger partial charge in [0.25, 0.3) is 11.6 Å². The molecule has 17 heteroatoms. The minimum absolute atomic E-state index is 0.101. The van der Waals surface area contributed by atoms with Crippen LogP contribution < -0.4 is 9.80 Å². The van der Waals surface area contributed by atoms with E-state index in [0.717, 1.165) is 5.56 Å². The third kappa shape index (κ3) is 3.72. The molecule has 1 spiro atoms. The number of likely N-dealkylation sites (N-methyl/N-ethyl adjacent to an activating group) is 2. The van der Waals surface area contributed by atoms with Crippen LogP contribution in [0.1, 0.15) is 25.0 Å². The Morgan fingerprint density at radius 1 is 0.756 bits per heavy atom. The van der Waals surface area contributed by atoms with Crippen molar-refractivity contribution in [1.29, 1.82) is 0 Å². The molecule has 2 N–H and O–H groups in total. The SMILES string of the molecule is CN1C(=O)C2(C)Cc3ccc([N+](=O)[O-])cc3N2C(=O)C1(C)CO.CN1C(=O)[C]23Cc4ccc([N+](=O)[O-])cc4N2C(=O)[C]1(CO)[Sn]3. The van der Waals surface area contributed by atoms with E-state index in [1.165, 1.54) is 57.8 Å². The third-order valence-electron chi connectivity index (χ3n) is 9.81. The molecule has 0 aromatic heterocycles. The van der Waals surface area contributed by atoms with Gasteiger partial charge in [0.05, 0.1) is 17.2 Å². The first-order valence-corrected chi connectivity index (χ1v) is 16.7. The van der Waals surface area contributed by atoms with Gasteiger partial charge in [-0.3, -0.25) is 24.6 Å². The molecule has 4 atom stereocenters. The molecule has 45 heavy (non-hydrogen) atoms. The number of amides is 4. The van der Waals surface area contributed by atoms with Crippen molar-refractivity contribution in [2.24, 2.45) is 0 Å². The standard InChI is InChI=1S/C15H17N3O5.C13H11N3O5.Sn/c1-14-7-9-4-5-10(18(22)23)6-11(9)17(14)13(21)15(2,8-19)16(3)12(14)20;1-14-11(6-17)13(19)15-9-5-8(16(20)21)3-2-7(9)4-10(15)12(14)18;/h4-6,19H,7-8H2,1-3H3;2-3,5,17H,4,6H2,1H3;. The number of fused-ring (bicyclic) bond motifs is 6. The molecule has 5 aliphatic rings. The summed E-state index contributed by atoms with van der Waals surface area (Å²) in [7, 11) is 3.05. The Hall–Kier alpha value is -4.16. The first-order chi connectivity index (χ1) is 21.0. The van der Waals surface area contributed by atoms with Crippen LogP contribution in [0.5, 0.6) is 0 Å². The Balaban J connectivity index is 0.000000159. The molecule has 4 unspecified atom stereocenters. The molecule has 5 aliphatic heterocycles. The van der Waals surface area contributed by atoms with E-state index >= 15 is 0 Å². The van der Waals surface area contributed by atoms with Gasteiger partial charge in [-0.2, -0.15) is 0 Å². The van der Waals surface area contributed by atoms with Gasteiger partial charge in [0.1, 0.15) is 11.1 Å². The van der Waals surface area contributed by atoms with E-state index in [-0.39, 0.29) is 42.1 Å². The maximum absolute atomic E-state index is 13.0. The number of hydrogen-bond acceptors (Lipinski definition) is 10. The number of aliphatic hydroxyl groups excluding tert-OH is 2. The fraction of sp³-hybridized carbons (Fsp3) is 0.429. The molecule has 16 nitrogen and oxygen atoms in total. The summed E-state index contributed by atoms with van der Waals surface area (Å²) in [4.78, 5) is 77.7. The molecule has 3 saturated heterocycles. The second-order valence-electron chi connectivity index (χ2n) is 12.2. The van der Waals surface area contributed by atoms with Gasteiger partial charge >= 0.3 is 135 Å². The van der Waals surface area contributed by atoms with Crippen LogP contribution in [0.15, 0.2) is 36.4 Å². The number of hydrogen-bond donors (Lipinski definition) is 2. The second kappa shape index (κ2) is 9.67. The van der Waals surface area contributed by atoms with Gasteiger partial charge in [0.2, 0.25) is 5.91 Å². The van der Waals surface area contributed by atoms with Crippen LogP contribution in [0.4, 0.5) is 22.7 Å². The van der Waals surface area contributed by atoms with E-state index in [4.69, 9.17) is 0 Å². The van der Waals surface area contributed by atoms with E-state index in [9.17, 15) is 49.6 Å². The summed E-state index contributed by atoms with van der Waals surface area (Å²) in [6.45, 7) is 2.24. The molecular weight excluding hydrogens is 699 g/mol. The number of rotatable bonds is 4. The first kappa shape index (κ1) is 30.8. The van der Waals surface area contributed by atoms with Gasteiger partial charge in [-0.05, 0) is 19.4 Å². The van der Waals surface area contributed by atoms with Gasteiger partial charge in [-0.15, -0.1) is 0 Å². The number of carbonyl (C=O) groups is 4. The average Bonchev–Trinajstić information content (AvgIpc) is 3.66. The quantitative estimate of drug-likeness (QED) is 0.235. The number of non-ortho nitro benzene ring substituents is 2. The number of nitrogens with zero attached hydrogens (tertiary/aromatic N) is 6. The van der Waals surface area contributed by atoms with Crippen LogP contribution in [0, 0.1) is 20.2 Å². The minimum atomic E-state index is -1.64. The number of carbonyl (C=O) groups excluding carboxylic acids is 4. The van der Waals surface area contributed by atoms with Gasteiger partial charge in [0, 0.05) is 25.6 Å². The summed E-state index contributed by atoms with van der Waals surface area (Å²) in [6.07, 6.45) is 0.694. The second-order valence-corrected chi connectivity index (χ2v) is 17.6. The van der Waals surface area contributed by atoms with Gasteiger partial charge < -0.3 is 10.0 Å². The number of aliphatic hydroxyl groups is 2. The fourth-order valence-electron chi connectivity index (χ4n) is 7.05. The normalized spacial score (nSPS) is 30.6. The van der Waals surface area contributed by atoms with E-state index in [1.54, 1.807) is 26.1 Å². The van der Waals surface area contributed by atoms with Crippen LogP contribution in [0.2, 0.25) is 0 Å². The summed E-state index contributed by atoms with van der Waals surface area (Å²) in [5.74, 6) is -1.18. The molecule has 7 rings (SSSR count). The van der Waals surface area contributed by atoms with Crippen LogP contribution in [0.3, 0.4) is 0 Å². The zero-order valence-corrected chi connectivity index (χ0v) is 27.5. The van der Waals surface area contributed by atoms with E-state index < -0.39 is 61.7 Å². The van der Waals surface area contributed by atoms with E-state index in [2.05, 4.69) is 0 Å². The maximum atomic E-state index is 13.0. The summed E-state index contributed by atoms with van der Waals surface area (Å²) in [5.41, 5.74) is -0.440. The van der Waals surface area contributed by atoms with Crippen molar-refractivity contribution in [3.05, 3.63) is 67.8 Å². The van der Waals surface area contributed by atoms with Crippen molar-refractivity contribution in [2.75, 3.05) is 37.1 Å². The van der Waals surface area contributed by atoms with Crippen LogP contribution in [0.25, 0.3) is 0 Å². The first-order valence-electron chi connectivity index (χ1n) is 13.9. The Labute approximate surface area is 265 Å². The predicted octanol–water partition coefficient (Wildman–Crippen LogP) is -0.476. The summed E-state index contributed by atoms with van der Waals surface area (Å²) >= 11 is -1.64. The van der Waals surface area contributed by atoms with Gasteiger partial charge in [-0.25, -0.2) is 0 Å². The average molecular weight is 727 g/mol. The topological polar surface area (TPSA) is 208 Å². The molecule has 2 aromatic rings. The number of piperazine rings is 2. The van der Waals surface area contributed by atoms with Crippen LogP contribution in [-0.2, 0) is 32.0 Å². The molecular formula is C28H28N6O10Sn. The van der Waals surface area contributed by atoms with Gasteiger partial charge in [0.15, 0.2) is 0 Å². The van der Waals surface area contributed by atoms with Crippen molar-refractivity contribution in [1.82, 2.24) is 9.80 Å². The summed E-state index contributed by atoms with van der Waals surface area (Å²) in [5, 5.41) is 41.4. The summed E-state index contributed by atoms with van der Waals surface area (Å²) in [6, 6.07) is 8.64. The Kier molecular flexibility index (Phi) is 6.63. The monoisotopic (exact) mass is 728 g/mol. The molecule has 4 amide bonds. The molecule has 3 fully saturated rings. The Morgan fingerprint density at radius 2 is 1.29 bits per heavy atom. The summed E-state index contributed by atoms with van der Waals surface area (Å²) < 4.78 is -1.93. The predicted molar refractivity (Wildman–Crippen MR) is 156 cm³/mol. The third-order valence-corrected chi connectivity index (χ3v) is 15.9. The molecule has 2 aromatic carbocycles. The number of nitro benzene ring substituents is 2. The van der Waals surface area contributed by atoms with Gasteiger partial charge in [-0.1, -0.05) is 6.07 Å². The number of nitro groups is 2. The van der Waals surface area contributed by atoms with Crippen LogP contribution in [-0.4, -0.2) is 120 Å². The van der Waals surface area contributed by atoms with Crippen molar-refractivity contribution in [3.8, 4) is 0 Å². The molecule has 0 aliphatic carbocycles. The van der Waals surface area contributed by atoms with Crippen molar-refractivity contribution >= 4 is 67.5 Å². The fourth-order valence-corrected chi connectivity index (χ4v) is 13.2. The van der Waals surface area contributed by atoms with E-state index in [1.807, 2.05) is 0 Å². The molecule has 5 heterocycles. The molecule has 234 valence electrons.